The van der Waals surface area contributed by atoms with E-state index >= 15 is 0 Å². The van der Waals surface area contributed by atoms with Gasteiger partial charge in [0.25, 0.3) is 5.56 Å². The number of carbonyl (C=O) groups is 2. The number of carboxylic acid groups (broad SMARTS) is 1. The van der Waals surface area contributed by atoms with Crippen molar-refractivity contribution in [3.05, 3.63) is 65.0 Å². The molecule has 1 atom stereocenters. The van der Waals surface area contributed by atoms with Crippen molar-refractivity contribution >= 4 is 22.6 Å². The zero-order valence-electron chi connectivity index (χ0n) is 16.3. The maximum atomic E-state index is 12.3. The van der Waals surface area contributed by atoms with Crippen LogP contribution in [-0.2, 0) is 16.1 Å². The zero-order chi connectivity index (χ0) is 21.0. The first-order valence-electron chi connectivity index (χ1n) is 9.43. The second-order valence-electron chi connectivity index (χ2n) is 7.33. The molecule has 0 saturated carbocycles. The van der Waals surface area contributed by atoms with Crippen LogP contribution in [0.1, 0.15) is 20.3 Å². The van der Waals surface area contributed by atoms with Crippen molar-refractivity contribution in [2.24, 2.45) is 5.92 Å². The molecule has 29 heavy (non-hydrogen) atoms. The monoisotopic (exact) mass is 393 g/mol. The lowest BCUT2D eigenvalue weighted by atomic mass is 10.0. The van der Waals surface area contributed by atoms with Crippen LogP contribution in [0.4, 0.5) is 0 Å². The number of rotatable bonds is 7. The van der Waals surface area contributed by atoms with Gasteiger partial charge in [-0.05, 0) is 29.2 Å². The molecule has 0 aliphatic carbocycles. The maximum absolute atomic E-state index is 12.3. The summed E-state index contributed by atoms with van der Waals surface area (Å²) in [5, 5.41) is 18.1. The van der Waals surface area contributed by atoms with Gasteiger partial charge in [-0.2, -0.15) is 5.10 Å². The molecule has 0 aliphatic rings. The highest BCUT2D eigenvalue weighted by Gasteiger charge is 2.21. The van der Waals surface area contributed by atoms with E-state index in [1.54, 1.807) is 6.07 Å². The number of hydrogen-bond donors (Lipinski definition) is 2. The van der Waals surface area contributed by atoms with Gasteiger partial charge in [0.05, 0.1) is 5.69 Å². The number of hydrogen-bond acceptors (Lipinski definition) is 4. The summed E-state index contributed by atoms with van der Waals surface area (Å²) in [6, 6.07) is 15.6. The van der Waals surface area contributed by atoms with Crippen LogP contribution in [0.3, 0.4) is 0 Å². The summed E-state index contributed by atoms with van der Waals surface area (Å²) < 4.78 is 1.06. The highest BCUT2D eigenvalue weighted by molar-refractivity contribution is 5.95. The lowest BCUT2D eigenvalue weighted by Crippen LogP contribution is -2.44. The van der Waals surface area contributed by atoms with E-state index in [0.29, 0.717) is 12.1 Å². The second kappa shape index (κ2) is 8.68. The fraction of sp³-hybridized carbons (Fsp3) is 0.273. The molecule has 0 spiro atoms. The Labute approximate surface area is 168 Å². The van der Waals surface area contributed by atoms with E-state index in [-0.39, 0.29) is 12.5 Å². The van der Waals surface area contributed by atoms with E-state index in [2.05, 4.69) is 10.4 Å². The van der Waals surface area contributed by atoms with Gasteiger partial charge < -0.3 is 10.4 Å². The number of nitrogens with one attached hydrogen (secondary N) is 1. The predicted octanol–water partition coefficient (Wildman–Crippen LogP) is 2.68. The molecule has 3 rings (SSSR count). The minimum Gasteiger partial charge on any atom is -0.480 e. The molecule has 1 amide bonds. The van der Waals surface area contributed by atoms with E-state index in [4.69, 9.17) is 0 Å². The van der Waals surface area contributed by atoms with Crippen LogP contribution in [0.25, 0.3) is 22.0 Å². The first-order chi connectivity index (χ1) is 13.8. The van der Waals surface area contributed by atoms with E-state index in [0.717, 1.165) is 21.0 Å². The van der Waals surface area contributed by atoms with Crippen LogP contribution in [0.15, 0.2) is 59.4 Å². The van der Waals surface area contributed by atoms with Crippen molar-refractivity contribution in [2.45, 2.75) is 32.9 Å². The van der Waals surface area contributed by atoms with Crippen LogP contribution in [-0.4, -0.2) is 32.8 Å². The predicted molar refractivity (Wildman–Crippen MR) is 110 cm³/mol. The third kappa shape index (κ3) is 4.87. The molecule has 0 saturated heterocycles. The third-order valence-corrected chi connectivity index (χ3v) is 4.57. The summed E-state index contributed by atoms with van der Waals surface area (Å²) in [7, 11) is 0. The number of carbonyl (C=O) groups excluding carboxylic acids is 1. The first-order valence-corrected chi connectivity index (χ1v) is 9.43. The second-order valence-corrected chi connectivity index (χ2v) is 7.33. The Bertz CT molecular complexity index is 1100. The van der Waals surface area contributed by atoms with Crippen LogP contribution < -0.4 is 10.9 Å². The molecule has 2 N–H and O–H groups in total. The summed E-state index contributed by atoms with van der Waals surface area (Å²) in [6.45, 7) is 3.41. The van der Waals surface area contributed by atoms with Crippen molar-refractivity contribution in [2.75, 3.05) is 0 Å². The van der Waals surface area contributed by atoms with Gasteiger partial charge in [0.2, 0.25) is 5.91 Å². The number of fused-ring (bicyclic) bond motifs is 1. The molecule has 0 unspecified atom stereocenters. The molecule has 1 heterocycles. The molecule has 3 aromatic rings. The van der Waals surface area contributed by atoms with Gasteiger partial charge in [-0.1, -0.05) is 56.3 Å². The van der Waals surface area contributed by atoms with Crippen molar-refractivity contribution < 1.29 is 14.7 Å². The smallest absolute Gasteiger partial charge is 0.326 e. The molecule has 1 aromatic heterocycles. The van der Waals surface area contributed by atoms with Gasteiger partial charge in [-0.15, -0.1) is 0 Å². The Hall–Kier alpha value is -3.48. The van der Waals surface area contributed by atoms with Crippen molar-refractivity contribution in [1.29, 1.82) is 0 Å². The molecule has 7 nitrogen and oxygen atoms in total. The molecule has 0 aliphatic heterocycles. The van der Waals surface area contributed by atoms with Gasteiger partial charge in [0.1, 0.15) is 12.6 Å². The Morgan fingerprint density at radius 1 is 1.07 bits per heavy atom. The molecule has 0 fully saturated rings. The molecule has 0 bridgehead atoms. The van der Waals surface area contributed by atoms with Gasteiger partial charge in [0.15, 0.2) is 0 Å². The SMILES string of the molecule is CC(C)C[C@@H](NC(=O)Cn1nc(-c2cccc3ccccc23)ccc1=O)C(=O)O. The van der Waals surface area contributed by atoms with Crippen molar-refractivity contribution in [1.82, 2.24) is 15.1 Å². The molecule has 2 aromatic carbocycles. The third-order valence-electron chi connectivity index (χ3n) is 4.57. The fourth-order valence-corrected chi connectivity index (χ4v) is 3.22. The number of amides is 1. The number of benzene rings is 2. The van der Waals surface area contributed by atoms with Gasteiger partial charge in [-0.3, -0.25) is 9.59 Å². The van der Waals surface area contributed by atoms with Crippen LogP contribution in [0.2, 0.25) is 0 Å². The summed E-state index contributed by atoms with van der Waals surface area (Å²) in [6.07, 6.45) is 0.305. The summed E-state index contributed by atoms with van der Waals surface area (Å²) in [5.41, 5.74) is 0.978. The van der Waals surface area contributed by atoms with Gasteiger partial charge >= 0.3 is 5.97 Å². The number of aliphatic carboxylic acids is 1. The molecule has 7 heteroatoms. The van der Waals surface area contributed by atoms with E-state index in [9.17, 15) is 19.5 Å². The van der Waals surface area contributed by atoms with Crippen molar-refractivity contribution in [3.8, 4) is 11.3 Å². The largest absolute Gasteiger partial charge is 0.480 e. The number of carboxylic acids is 1. The number of aromatic nitrogens is 2. The van der Waals surface area contributed by atoms with Gasteiger partial charge in [0, 0.05) is 11.6 Å². The molecular weight excluding hydrogens is 370 g/mol. The summed E-state index contributed by atoms with van der Waals surface area (Å²) >= 11 is 0. The lowest BCUT2D eigenvalue weighted by molar-refractivity contribution is -0.142. The molecule has 0 radical (unpaired) electrons. The Balaban J connectivity index is 1.87. The zero-order valence-corrected chi connectivity index (χ0v) is 16.3. The normalized spacial score (nSPS) is 12.1. The minimum absolute atomic E-state index is 0.104. The van der Waals surface area contributed by atoms with Crippen LogP contribution in [0, 0.1) is 5.92 Å². The van der Waals surface area contributed by atoms with Gasteiger partial charge in [-0.25, -0.2) is 9.48 Å². The molecular formula is C22H23N3O4. The van der Waals surface area contributed by atoms with E-state index in [1.165, 1.54) is 6.07 Å². The Morgan fingerprint density at radius 3 is 2.52 bits per heavy atom. The average molecular weight is 393 g/mol. The maximum Gasteiger partial charge on any atom is 0.326 e. The van der Waals surface area contributed by atoms with E-state index < -0.39 is 23.5 Å². The van der Waals surface area contributed by atoms with E-state index in [1.807, 2.05) is 56.3 Å². The van der Waals surface area contributed by atoms with Crippen LogP contribution in [0.5, 0.6) is 0 Å². The Kier molecular flexibility index (Phi) is 6.07. The topological polar surface area (TPSA) is 101 Å². The highest BCUT2D eigenvalue weighted by atomic mass is 16.4. The minimum atomic E-state index is -1.10. The summed E-state index contributed by atoms with van der Waals surface area (Å²) in [4.78, 5) is 35.9. The summed E-state index contributed by atoms with van der Waals surface area (Å²) in [5.74, 6) is -1.56. The first kappa shape index (κ1) is 20.3. The highest BCUT2D eigenvalue weighted by Crippen LogP contribution is 2.26. The standard InChI is InChI=1S/C22H23N3O4/c1-14(2)12-19(22(28)29)23-20(26)13-25-21(27)11-10-18(24-25)17-9-5-7-15-6-3-4-8-16(15)17/h3-11,14,19H,12-13H2,1-2H3,(H,23,26)(H,28,29)/t19-/m1/s1. The Morgan fingerprint density at radius 2 is 1.79 bits per heavy atom. The quantitative estimate of drug-likeness (QED) is 0.643. The lowest BCUT2D eigenvalue weighted by Gasteiger charge is -2.16. The average Bonchev–Trinajstić information content (AvgIpc) is 2.68. The molecule has 150 valence electrons. The fourth-order valence-electron chi connectivity index (χ4n) is 3.22. The number of nitrogens with zero attached hydrogens (tertiary/aromatic N) is 2. The van der Waals surface area contributed by atoms with Crippen LogP contribution >= 0.6 is 0 Å². The van der Waals surface area contributed by atoms with Crippen molar-refractivity contribution in [3.63, 3.8) is 0 Å².